The van der Waals surface area contributed by atoms with E-state index in [9.17, 15) is 0 Å². The summed E-state index contributed by atoms with van der Waals surface area (Å²) < 4.78 is 0. The minimum atomic E-state index is 0. The molecule has 20 heavy (non-hydrogen) atoms. The smallest absolute Gasteiger partial charge is 0.00464 e. The standard InChI is InChI=1S/C4H16P6.10CH4/c1-7-3-10(6)4-9(2)8-5;;;;;;;;;;/h7-8H,3-6H2,1-2H3;10*1H4. The molecule has 0 saturated carbocycles. The van der Waals surface area contributed by atoms with Gasteiger partial charge in [-0.25, -0.2) is 0 Å². The van der Waals surface area contributed by atoms with Crippen molar-refractivity contribution in [2.45, 2.75) is 74.3 Å². The topological polar surface area (TPSA) is 0 Å². The molecule has 0 nitrogen and oxygen atoms in total. The van der Waals surface area contributed by atoms with Gasteiger partial charge in [-0.2, -0.15) is 0 Å². The highest BCUT2D eigenvalue weighted by Gasteiger charge is 2.04. The maximum Gasteiger partial charge on any atom is -0.00464 e. The highest BCUT2D eigenvalue weighted by atomic mass is 32.4. The van der Waals surface area contributed by atoms with E-state index >= 15 is 0 Å². The Morgan fingerprint density at radius 1 is 0.800 bits per heavy atom. The minimum absolute atomic E-state index is 0. The van der Waals surface area contributed by atoms with Crippen molar-refractivity contribution >= 4 is 49.6 Å². The zero-order valence-corrected chi connectivity index (χ0v) is 12.6. The lowest BCUT2D eigenvalue weighted by Crippen LogP contribution is -1.72. The number of rotatable bonds is 5. The van der Waals surface area contributed by atoms with Crippen molar-refractivity contribution in [1.82, 2.24) is 0 Å². The Kier molecular flexibility index (Phi) is 226. The normalized spacial score (nSPS) is 9.60. The molecule has 0 aromatic rings. The van der Waals surface area contributed by atoms with Gasteiger partial charge in [-0.05, 0) is 25.1 Å². The Labute approximate surface area is 149 Å². The molecule has 0 fully saturated rings. The van der Waals surface area contributed by atoms with Gasteiger partial charge in [-0.1, -0.05) is 97.4 Å². The molecule has 0 aliphatic heterocycles. The quantitative estimate of drug-likeness (QED) is 0.395. The summed E-state index contributed by atoms with van der Waals surface area (Å²) in [6.45, 7) is 4.72. The van der Waals surface area contributed by atoms with E-state index in [-0.39, 0.29) is 74.3 Å². The summed E-state index contributed by atoms with van der Waals surface area (Å²) in [5, 5.41) is 0. The second-order valence-corrected chi connectivity index (χ2v) is 15.6. The number of hydrogen-bond donors (Lipinski definition) is 0. The van der Waals surface area contributed by atoms with Crippen molar-refractivity contribution in [3.8, 4) is 0 Å². The molecule has 0 aromatic carbocycles. The predicted octanol–water partition coefficient (Wildman–Crippen LogP) is 10.3. The van der Waals surface area contributed by atoms with E-state index in [4.69, 9.17) is 0 Å². The molecule has 6 heteroatoms. The fourth-order valence-electron chi connectivity index (χ4n) is 0.566. The van der Waals surface area contributed by atoms with Crippen LogP contribution in [0.25, 0.3) is 0 Å². The van der Waals surface area contributed by atoms with E-state index in [1.54, 1.807) is 0 Å². The van der Waals surface area contributed by atoms with Crippen molar-refractivity contribution < 1.29 is 0 Å². The predicted molar refractivity (Wildman–Crippen MR) is 139 cm³/mol. The van der Waals surface area contributed by atoms with Crippen LogP contribution >= 0.6 is 49.6 Å². The summed E-state index contributed by atoms with van der Waals surface area (Å²) in [7, 11) is 8.89. The highest BCUT2D eigenvalue weighted by Crippen LogP contribution is 2.66. The Hall–Kier alpha value is 2.58. The third-order valence-corrected chi connectivity index (χ3v) is 17.1. The van der Waals surface area contributed by atoms with E-state index in [0.717, 1.165) is 16.5 Å². The van der Waals surface area contributed by atoms with Crippen molar-refractivity contribution in [1.29, 1.82) is 0 Å². The van der Waals surface area contributed by atoms with Crippen LogP contribution in [0.1, 0.15) is 74.3 Å². The fourth-order valence-corrected chi connectivity index (χ4v) is 15.9. The molecule has 6 unspecified atom stereocenters. The first-order chi connectivity index (χ1) is 4.70. The van der Waals surface area contributed by atoms with E-state index < -0.39 is 0 Å². The maximum atomic E-state index is 3.04. The van der Waals surface area contributed by atoms with Crippen molar-refractivity contribution in [2.75, 3.05) is 25.1 Å². The monoisotopic (exact) mass is 410 g/mol. The van der Waals surface area contributed by atoms with Crippen LogP contribution < -0.4 is 0 Å². The molecular formula is C14H56P6. The molecule has 0 rings (SSSR count). The first-order valence-electron chi connectivity index (χ1n) is 3.02. The van der Waals surface area contributed by atoms with Gasteiger partial charge in [0.05, 0.1) is 0 Å². The average molecular weight is 410 g/mol. The van der Waals surface area contributed by atoms with Gasteiger partial charge in [0, 0.05) is 0 Å². The maximum absolute atomic E-state index is 3.04. The molecular weight excluding hydrogens is 354 g/mol. The zero-order chi connectivity index (χ0) is 7.98. The lowest BCUT2D eigenvalue weighted by atomic mass is 11.8. The lowest BCUT2D eigenvalue weighted by molar-refractivity contribution is 2.03. The van der Waals surface area contributed by atoms with Crippen LogP contribution in [0.3, 0.4) is 0 Å². The summed E-state index contributed by atoms with van der Waals surface area (Å²) >= 11 is 0. The molecule has 6 atom stereocenters. The van der Waals surface area contributed by atoms with Crippen LogP contribution in [-0.4, -0.2) is 25.1 Å². The van der Waals surface area contributed by atoms with Gasteiger partial charge in [-0.3, -0.25) is 0 Å². The van der Waals surface area contributed by atoms with E-state index in [0.29, 0.717) is 15.2 Å². The fraction of sp³-hybridized carbons (Fsp3) is 1.00. The zero-order valence-electron chi connectivity index (χ0n) is 6.46. The van der Waals surface area contributed by atoms with Gasteiger partial charge in [0.1, 0.15) is 0 Å². The van der Waals surface area contributed by atoms with Gasteiger partial charge >= 0.3 is 0 Å². The summed E-state index contributed by atoms with van der Waals surface area (Å²) in [6.07, 6.45) is 0. The number of hydrogen-bond acceptors (Lipinski definition) is 0. The molecule has 0 saturated heterocycles. The SMILES string of the molecule is C.C.C.C.C.C.C.C.C.C.CPCP(P)CP(C)PP. The van der Waals surface area contributed by atoms with Crippen molar-refractivity contribution in [3.63, 3.8) is 0 Å². The van der Waals surface area contributed by atoms with Gasteiger partial charge in [0.15, 0.2) is 0 Å². The molecule has 0 spiro atoms. The Morgan fingerprint density at radius 2 is 1.10 bits per heavy atom. The van der Waals surface area contributed by atoms with Crippen molar-refractivity contribution in [3.05, 3.63) is 0 Å². The molecule has 0 bridgehead atoms. The Morgan fingerprint density at radius 3 is 1.30 bits per heavy atom. The summed E-state index contributed by atoms with van der Waals surface area (Å²) in [5.74, 6) is 2.99. The lowest BCUT2D eigenvalue weighted by Gasteiger charge is -2.15. The van der Waals surface area contributed by atoms with Crippen LogP contribution in [0.2, 0.25) is 0 Å². The molecule has 0 heterocycles. The average Bonchev–Trinajstić information content (AvgIpc) is 1.88. The Bertz CT molecular complexity index is 84.1. The van der Waals surface area contributed by atoms with Crippen LogP contribution in [0.4, 0.5) is 0 Å². The second-order valence-electron chi connectivity index (χ2n) is 2.07. The van der Waals surface area contributed by atoms with E-state index in [2.05, 4.69) is 31.2 Å². The third-order valence-electron chi connectivity index (χ3n) is 0.975. The highest BCUT2D eigenvalue weighted by molar-refractivity contribution is 8.46. The van der Waals surface area contributed by atoms with Gasteiger partial charge in [0.25, 0.3) is 0 Å². The van der Waals surface area contributed by atoms with Gasteiger partial charge in [0.2, 0.25) is 0 Å². The van der Waals surface area contributed by atoms with Crippen LogP contribution in [0, 0.1) is 0 Å². The first-order valence-corrected chi connectivity index (χ1v) is 13.7. The summed E-state index contributed by atoms with van der Waals surface area (Å²) in [4.78, 5) is 0. The first kappa shape index (κ1) is 78.4. The van der Waals surface area contributed by atoms with Gasteiger partial charge < -0.3 is 0 Å². The molecule has 0 aromatic heterocycles. The van der Waals surface area contributed by atoms with E-state index in [1.807, 2.05) is 0 Å². The molecule has 0 N–H and O–H groups in total. The second kappa shape index (κ2) is 57.8. The molecule has 0 radical (unpaired) electrons. The van der Waals surface area contributed by atoms with Gasteiger partial charge in [-0.15, -0.1) is 26.4 Å². The van der Waals surface area contributed by atoms with E-state index in [1.165, 1.54) is 11.8 Å². The summed E-state index contributed by atoms with van der Waals surface area (Å²) in [5.41, 5.74) is 0. The van der Waals surface area contributed by atoms with Crippen molar-refractivity contribution in [2.24, 2.45) is 0 Å². The van der Waals surface area contributed by atoms with Crippen LogP contribution in [-0.2, 0) is 0 Å². The molecule has 0 aliphatic rings. The van der Waals surface area contributed by atoms with Crippen LogP contribution in [0.5, 0.6) is 0 Å². The third kappa shape index (κ3) is 58.8. The molecule has 0 amide bonds. The van der Waals surface area contributed by atoms with Crippen LogP contribution in [0.15, 0.2) is 0 Å². The Balaban J connectivity index is -0.00000000900. The largest absolute Gasteiger partial charge is 0.121 e. The summed E-state index contributed by atoms with van der Waals surface area (Å²) in [6, 6.07) is 0. The molecule has 142 valence electrons. The minimum Gasteiger partial charge on any atom is -0.121 e. The molecule has 0 aliphatic carbocycles.